The van der Waals surface area contributed by atoms with Crippen LogP contribution in [0.4, 0.5) is 14.9 Å². The van der Waals surface area contributed by atoms with Gasteiger partial charge >= 0.3 is 12.0 Å². The van der Waals surface area contributed by atoms with E-state index in [2.05, 4.69) is 10.6 Å². The van der Waals surface area contributed by atoms with Crippen LogP contribution in [-0.4, -0.2) is 47.2 Å². The molecular weight excluding hydrogens is 353 g/mol. The summed E-state index contributed by atoms with van der Waals surface area (Å²) in [4.78, 5) is 24.8. The van der Waals surface area contributed by atoms with E-state index in [4.69, 9.17) is 9.52 Å². The van der Waals surface area contributed by atoms with E-state index in [-0.39, 0.29) is 24.3 Å². The van der Waals surface area contributed by atoms with Crippen LogP contribution in [0.25, 0.3) is 11.3 Å². The molecule has 8 heteroatoms. The average Bonchev–Trinajstić information content (AvgIpc) is 3.12. The molecule has 3 rings (SSSR count). The molecule has 144 valence electrons. The number of carbonyl (C=O) groups excluding carboxylic acids is 1. The normalized spacial score (nSPS) is 18.8. The molecule has 2 aromatic rings. The molecule has 1 fully saturated rings. The molecule has 7 nitrogen and oxygen atoms in total. The van der Waals surface area contributed by atoms with Crippen molar-refractivity contribution in [2.45, 2.75) is 31.8 Å². The first-order chi connectivity index (χ1) is 13.0. The van der Waals surface area contributed by atoms with Gasteiger partial charge in [0.05, 0.1) is 18.5 Å². The number of likely N-dealkylation sites (N-methyl/N-ethyl adjacent to an activating group) is 1. The van der Waals surface area contributed by atoms with Crippen molar-refractivity contribution in [3.8, 4) is 11.3 Å². The van der Waals surface area contributed by atoms with Crippen molar-refractivity contribution in [3.05, 3.63) is 42.4 Å². The van der Waals surface area contributed by atoms with E-state index in [0.29, 0.717) is 30.7 Å². The fourth-order valence-corrected chi connectivity index (χ4v) is 3.23. The second-order valence-electron chi connectivity index (χ2n) is 6.55. The quantitative estimate of drug-likeness (QED) is 0.691. The van der Waals surface area contributed by atoms with Gasteiger partial charge in [-0.1, -0.05) is 6.92 Å². The maximum Gasteiger partial charge on any atom is 0.319 e. The largest absolute Gasteiger partial charge is 0.480 e. The Morgan fingerprint density at radius 2 is 2.11 bits per heavy atom. The number of halogens is 1. The van der Waals surface area contributed by atoms with Gasteiger partial charge in [-0.15, -0.1) is 0 Å². The third-order valence-corrected chi connectivity index (χ3v) is 4.73. The molecule has 1 aromatic heterocycles. The van der Waals surface area contributed by atoms with E-state index in [9.17, 15) is 14.0 Å². The van der Waals surface area contributed by atoms with Gasteiger partial charge in [0.25, 0.3) is 0 Å². The predicted octanol–water partition coefficient (Wildman–Crippen LogP) is 3.14. The minimum atomic E-state index is -0.862. The molecule has 3 N–H and O–H groups in total. The molecule has 0 radical (unpaired) electrons. The van der Waals surface area contributed by atoms with Gasteiger partial charge in [-0.05, 0) is 49.7 Å². The van der Waals surface area contributed by atoms with Crippen LogP contribution in [0.15, 0.2) is 41.0 Å². The van der Waals surface area contributed by atoms with Gasteiger partial charge in [0.1, 0.15) is 11.6 Å². The molecule has 1 aromatic carbocycles. The second-order valence-corrected chi connectivity index (χ2v) is 6.55. The highest BCUT2D eigenvalue weighted by Gasteiger charge is 2.34. The van der Waals surface area contributed by atoms with Crippen LogP contribution in [0.1, 0.15) is 19.8 Å². The summed E-state index contributed by atoms with van der Waals surface area (Å²) in [5.41, 5.74) is 0.670. The first kappa shape index (κ1) is 18.9. The highest BCUT2D eigenvalue weighted by molar-refractivity contribution is 5.90. The Balaban J connectivity index is 1.50. The van der Waals surface area contributed by atoms with Crippen LogP contribution in [0.3, 0.4) is 0 Å². The number of carbonyl (C=O) groups is 2. The average molecular weight is 375 g/mol. The van der Waals surface area contributed by atoms with Crippen LogP contribution in [-0.2, 0) is 4.79 Å². The number of benzene rings is 1. The van der Waals surface area contributed by atoms with Crippen LogP contribution >= 0.6 is 0 Å². The summed E-state index contributed by atoms with van der Waals surface area (Å²) in [6.07, 6.45) is 2.86. The molecule has 0 atom stereocenters. The van der Waals surface area contributed by atoms with Crippen molar-refractivity contribution in [2.75, 3.05) is 18.4 Å². The number of carboxylic acid groups (broad SMARTS) is 1. The van der Waals surface area contributed by atoms with Crippen LogP contribution in [0.2, 0.25) is 0 Å². The highest BCUT2D eigenvalue weighted by Crippen LogP contribution is 2.27. The standard InChI is InChI=1S/C19H22FN3O4/c1-2-23(11-18(24)25)14-9-13(10-14)21-19(26)22-16-6-5-12(8-15(16)20)17-4-3-7-27-17/h3-8,13-14H,2,9-11H2,1H3,(H,24,25)(H2,21,22,26). The van der Waals surface area contributed by atoms with E-state index in [1.54, 1.807) is 18.2 Å². The third-order valence-electron chi connectivity index (χ3n) is 4.73. The predicted molar refractivity (Wildman–Crippen MR) is 97.9 cm³/mol. The Morgan fingerprint density at radius 1 is 1.33 bits per heavy atom. The number of urea groups is 1. The van der Waals surface area contributed by atoms with E-state index in [0.717, 1.165) is 0 Å². The maximum absolute atomic E-state index is 14.2. The van der Waals surface area contributed by atoms with Gasteiger partial charge in [-0.3, -0.25) is 9.69 Å². The molecule has 1 saturated carbocycles. The number of nitrogens with zero attached hydrogens (tertiary/aromatic N) is 1. The summed E-state index contributed by atoms with van der Waals surface area (Å²) in [5.74, 6) is -0.865. The number of anilines is 1. The van der Waals surface area contributed by atoms with Gasteiger partial charge in [0.15, 0.2) is 0 Å². The second kappa shape index (κ2) is 8.22. The Morgan fingerprint density at radius 3 is 2.70 bits per heavy atom. The van der Waals surface area contributed by atoms with E-state index >= 15 is 0 Å². The topological polar surface area (TPSA) is 94.8 Å². The molecule has 27 heavy (non-hydrogen) atoms. The van der Waals surface area contributed by atoms with E-state index in [1.807, 2.05) is 11.8 Å². The lowest BCUT2D eigenvalue weighted by Crippen LogP contribution is -2.55. The molecule has 2 amide bonds. The number of nitrogens with one attached hydrogen (secondary N) is 2. The minimum Gasteiger partial charge on any atom is -0.480 e. The molecule has 0 aliphatic heterocycles. The van der Waals surface area contributed by atoms with E-state index in [1.165, 1.54) is 18.4 Å². The van der Waals surface area contributed by atoms with Crippen LogP contribution < -0.4 is 10.6 Å². The summed E-state index contributed by atoms with van der Waals surface area (Å²) in [5, 5.41) is 14.2. The van der Waals surface area contributed by atoms with Gasteiger partial charge in [0, 0.05) is 17.6 Å². The lowest BCUT2D eigenvalue weighted by atomic mass is 9.85. The summed E-state index contributed by atoms with van der Waals surface area (Å²) >= 11 is 0. The zero-order chi connectivity index (χ0) is 19.4. The number of carboxylic acids is 1. The Hall–Kier alpha value is -2.87. The number of hydrogen-bond donors (Lipinski definition) is 3. The molecule has 1 aliphatic rings. The van der Waals surface area contributed by atoms with E-state index < -0.39 is 17.8 Å². The zero-order valence-electron chi connectivity index (χ0n) is 14.9. The SMILES string of the molecule is CCN(CC(=O)O)C1CC(NC(=O)Nc2ccc(-c3ccco3)cc2F)C1. The monoisotopic (exact) mass is 375 g/mol. The summed E-state index contributed by atoms with van der Waals surface area (Å²) < 4.78 is 19.5. The van der Waals surface area contributed by atoms with Crippen molar-refractivity contribution < 1.29 is 23.5 Å². The fraction of sp³-hybridized carbons (Fsp3) is 0.368. The molecule has 1 heterocycles. The maximum atomic E-state index is 14.2. The molecule has 0 unspecified atom stereocenters. The van der Waals surface area contributed by atoms with Crippen LogP contribution in [0, 0.1) is 5.82 Å². The molecule has 1 aliphatic carbocycles. The number of furan rings is 1. The lowest BCUT2D eigenvalue weighted by Gasteiger charge is -2.42. The van der Waals surface area contributed by atoms with Gasteiger partial charge in [0.2, 0.25) is 0 Å². The lowest BCUT2D eigenvalue weighted by molar-refractivity contribution is -0.139. The van der Waals surface area contributed by atoms with Crippen molar-refractivity contribution >= 4 is 17.7 Å². The van der Waals surface area contributed by atoms with Crippen molar-refractivity contribution in [3.63, 3.8) is 0 Å². The Bertz CT molecular complexity index is 803. The van der Waals surface area contributed by atoms with Gasteiger partial charge in [-0.2, -0.15) is 0 Å². The molecule has 0 spiro atoms. The van der Waals surface area contributed by atoms with Crippen molar-refractivity contribution in [1.82, 2.24) is 10.2 Å². The summed E-state index contributed by atoms with van der Waals surface area (Å²) in [6.45, 7) is 2.54. The van der Waals surface area contributed by atoms with Gasteiger partial charge < -0.3 is 20.2 Å². The minimum absolute atomic E-state index is 0.00664. The number of aliphatic carboxylic acids is 1. The Kier molecular flexibility index (Phi) is 5.75. The summed E-state index contributed by atoms with van der Waals surface area (Å²) in [7, 11) is 0. The number of rotatable bonds is 7. The molecular formula is C19H22FN3O4. The zero-order valence-corrected chi connectivity index (χ0v) is 14.9. The first-order valence-electron chi connectivity index (χ1n) is 8.83. The molecule has 0 bridgehead atoms. The van der Waals surface area contributed by atoms with Crippen LogP contribution in [0.5, 0.6) is 0 Å². The van der Waals surface area contributed by atoms with Crippen molar-refractivity contribution in [2.24, 2.45) is 0 Å². The smallest absolute Gasteiger partial charge is 0.319 e. The number of hydrogen-bond acceptors (Lipinski definition) is 4. The van der Waals surface area contributed by atoms with Crippen molar-refractivity contribution in [1.29, 1.82) is 0 Å². The highest BCUT2D eigenvalue weighted by atomic mass is 19.1. The number of amides is 2. The first-order valence-corrected chi connectivity index (χ1v) is 8.83. The Labute approximate surface area is 156 Å². The third kappa shape index (κ3) is 4.65. The fourth-order valence-electron chi connectivity index (χ4n) is 3.23. The molecule has 0 saturated heterocycles. The van der Waals surface area contributed by atoms with Gasteiger partial charge in [-0.25, -0.2) is 9.18 Å². The summed E-state index contributed by atoms with van der Waals surface area (Å²) in [6, 6.07) is 7.51.